The van der Waals surface area contributed by atoms with Gasteiger partial charge >= 0.3 is 0 Å². The summed E-state index contributed by atoms with van der Waals surface area (Å²) in [5.41, 5.74) is 0. The van der Waals surface area contributed by atoms with Crippen molar-refractivity contribution in [3.63, 3.8) is 0 Å². The van der Waals surface area contributed by atoms with Gasteiger partial charge in [-0.1, -0.05) is 13.8 Å². The van der Waals surface area contributed by atoms with Crippen LogP contribution in [0.25, 0.3) is 0 Å². The summed E-state index contributed by atoms with van der Waals surface area (Å²) in [4.78, 5) is 0. The Labute approximate surface area is 44.7 Å². The summed E-state index contributed by atoms with van der Waals surface area (Å²) in [5.74, 6) is 0.647. The van der Waals surface area contributed by atoms with Gasteiger partial charge in [-0.2, -0.15) is 0 Å². The van der Waals surface area contributed by atoms with Crippen molar-refractivity contribution < 1.29 is 4.74 Å². The average Bonchev–Trinajstić information content (AvgIpc) is 1.23. The number of rotatable bonds is 1. The molecular formula is C6H11O. The van der Waals surface area contributed by atoms with Crippen LogP contribution in [-0.4, -0.2) is 6.61 Å². The highest BCUT2D eigenvalue weighted by Gasteiger charge is 2.22. The predicted octanol–water partition coefficient (Wildman–Crippen LogP) is 1.59. The van der Waals surface area contributed by atoms with Gasteiger partial charge in [0.05, 0.1) is 6.61 Å². The molecule has 1 saturated heterocycles. The second-order valence-corrected chi connectivity index (χ2v) is 2.22. The Bertz CT molecular complexity index is 55.2. The van der Waals surface area contributed by atoms with Crippen LogP contribution in [0.4, 0.5) is 0 Å². The Morgan fingerprint density at radius 3 is 2.14 bits per heavy atom. The summed E-state index contributed by atoms with van der Waals surface area (Å²) >= 11 is 0. The van der Waals surface area contributed by atoms with Gasteiger partial charge in [0, 0.05) is 6.42 Å². The van der Waals surface area contributed by atoms with Crippen molar-refractivity contribution in [3.05, 3.63) is 6.10 Å². The van der Waals surface area contributed by atoms with E-state index in [9.17, 15) is 0 Å². The molecule has 0 aliphatic carbocycles. The van der Waals surface area contributed by atoms with Gasteiger partial charge in [0.1, 0.15) is 6.10 Å². The lowest BCUT2D eigenvalue weighted by atomic mass is 10.0. The molecule has 1 rings (SSSR count). The van der Waals surface area contributed by atoms with Gasteiger partial charge in [-0.15, -0.1) is 0 Å². The molecule has 0 saturated carbocycles. The highest BCUT2D eigenvalue weighted by molar-refractivity contribution is 4.88. The van der Waals surface area contributed by atoms with Crippen LogP contribution in [0.1, 0.15) is 20.3 Å². The molecule has 1 nitrogen and oxygen atoms in total. The van der Waals surface area contributed by atoms with Gasteiger partial charge in [-0.05, 0) is 5.92 Å². The van der Waals surface area contributed by atoms with Crippen molar-refractivity contribution in [1.29, 1.82) is 0 Å². The summed E-state index contributed by atoms with van der Waals surface area (Å²) in [6.45, 7) is 5.27. The molecule has 7 heavy (non-hydrogen) atoms. The predicted molar refractivity (Wildman–Crippen MR) is 28.6 cm³/mol. The van der Waals surface area contributed by atoms with E-state index in [0.29, 0.717) is 5.92 Å². The van der Waals surface area contributed by atoms with Crippen LogP contribution in [0.3, 0.4) is 0 Å². The van der Waals surface area contributed by atoms with Crippen molar-refractivity contribution in [2.24, 2.45) is 5.92 Å². The fourth-order valence-corrected chi connectivity index (χ4v) is 0.675. The zero-order valence-electron chi connectivity index (χ0n) is 4.90. The number of ether oxygens (including phenoxy) is 1. The van der Waals surface area contributed by atoms with E-state index in [4.69, 9.17) is 4.74 Å². The van der Waals surface area contributed by atoms with E-state index in [1.165, 1.54) is 12.5 Å². The van der Waals surface area contributed by atoms with Gasteiger partial charge < -0.3 is 4.74 Å². The largest absolute Gasteiger partial charge is 0.372 e. The Morgan fingerprint density at radius 1 is 1.57 bits per heavy atom. The van der Waals surface area contributed by atoms with Gasteiger partial charge in [-0.25, -0.2) is 0 Å². The zero-order valence-corrected chi connectivity index (χ0v) is 4.90. The molecule has 0 bridgehead atoms. The van der Waals surface area contributed by atoms with Crippen molar-refractivity contribution >= 4 is 0 Å². The molecule has 1 radical (unpaired) electrons. The summed E-state index contributed by atoms with van der Waals surface area (Å²) in [5, 5.41) is 0. The maximum Gasteiger partial charge on any atom is 0.102 e. The fraction of sp³-hybridized carbons (Fsp3) is 0.833. The van der Waals surface area contributed by atoms with Crippen LogP contribution >= 0.6 is 0 Å². The van der Waals surface area contributed by atoms with E-state index in [2.05, 4.69) is 13.8 Å². The quantitative estimate of drug-likeness (QED) is 0.485. The van der Waals surface area contributed by atoms with E-state index < -0.39 is 0 Å². The fourth-order valence-electron chi connectivity index (χ4n) is 0.675. The highest BCUT2D eigenvalue weighted by atomic mass is 16.5. The third-order valence-electron chi connectivity index (χ3n) is 1.28. The molecule has 0 N–H and O–H groups in total. The van der Waals surface area contributed by atoms with E-state index in [1.807, 2.05) is 0 Å². The van der Waals surface area contributed by atoms with Gasteiger partial charge in [-0.3, -0.25) is 0 Å². The zero-order chi connectivity index (χ0) is 5.28. The maximum atomic E-state index is 5.11. The molecule has 0 aromatic carbocycles. The standard InChI is InChI=1S/C6H11O/c1-5(2)6-3-4-7-6/h5H,3-4H2,1-2H3. The van der Waals surface area contributed by atoms with Crippen molar-refractivity contribution in [3.8, 4) is 0 Å². The van der Waals surface area contributed by atoms with Gasteiger partial charge in [0.25, 0.3) is 0 Å². The van der Waals surface area contributed by atoms with Crippen LogP contribution in [0, 0.1) is 12.0 Å². The minimum atomic E-state index is 0.647. The first-order valence-electron chi connectivity index (χ1n) is 2.79. The second kappa shape index (κ2) is 1.83. The smallest absolute Gasteiger partial charge is 0.102 e. The topological polar surface area (TPSA) is 9.23 Å². The monoisotopic (exact) mass is 99.1 g/mol. The lowest BCUT2D eigenvalue weighted by Gasteiger charge is -2.28. The first-order chi connectivity index (χ1) is 3.30. The lowest BCUT2D eigenvalue weighted by Crippen LogP contribution is -2.22. The molecular weight excluding hydrogens is 88.1 g/mol. The van der Waals surface area contributed by atoms with Crippen LogP contribution < -0.4 is 0 Å². The molecule has 1 fully saturated rings. The third kappa shape index (κ3) is 0.942. The van der Waals surface area contributed by atoms with Crippen LogP contribution in [0.2, 0.25) is 0 Å². The SMILES string of the molecule is CC(C)[C]1CCO1. The Balaban J connectivity index is 2.14. The molecule has 0 spiro atoms. The van der Waals surface area contributed by atoms with Crippen LogP contribution in [0.5, 0.6) is 0 Å². The minimum Gasteiger partial charge on any atom is -0.372 e. The summed E-state index contributed by atoms with van der Waals surface area (Å²) in [7, 11) is 0. The molecule has 41 valence electrons. The normalized spacial score (nSPS) is 22.7. The Morgan fingerprint density at radius 2 is 2.14 bits per heavy atom. The summed E-state index contributed by atoms with van der Waals surface area (Å²) in [6.07, 6.45) is 2.47. The van der Waals surface area contributed by atoms with Gasteiger partial charge in [0.15, 0.2) is 0 Å². The number of hydrogen-bond donors (Lipinski definition) is 0. The maximum absolute atomic E-state index is 5.11. The Hall–Kier alpha value is -0.0400. The second-order valence-electron chi connectivity index (χ2n) is 2.22. The number of hydrogen-bond acceptors (Lipinski definition) is 1. The summed E-state index contributed by atoms with van der Waals surface area (Å²) in [6, 6.07) is 0. The van der Waals surface area contributed by atoms with E-state index >= 15 is 0 Å². The molecule has 0 aromatic rings. The molecule has 0 atom stereocenters. The van der Waals surface area contributed by atoms with Crippen molar-refractivity contribution in [2.75, 3.05) is 6.61 Å². The molecule has 1 aliphatic heterocycles. The third-order valence-corrected chi connectivity index (χ3v) is 1.28. The first kappa shape index (κ1) is 5.10. The van der Waals surface area contributed by atoms with Crippen molar-refractivity contribution in [2.45, 2.75) is 20.3 Å². The van der Waals surface area contributed by atoms with Crippen molar-refractivity contribution in [1.82, 2.24) is 0 Å². The average molecular weight is 99.2 g/mol. The Kier molecular flexibility index (Phi) is 1.33. The van der Waals surface area contributed by atoms with Crippen LogP contribution in [0.15, 0.2) is 0 Å². The molecule has 0 unspecified atom stereocenters. The molecule has 0 amide bonds. The van der Waals surface area contributed by atoms with E-state index in [-0.39, 0.29) is 0 Å². The first-order valence-corrected chi connectivity index (χ1v) is 2.79. The highest BCUT2D eigenvalue weighted by Crippen LogP contribution is 2.26. The van der Waals surface area contributed by atoms with Gasteiger partial charge in [0.2, 0.25) is 0 Å². The lowest BCUT2D eigenvalue weighted by molar-refractivity contribution is 0.0156. The van der Waals surface area contributed by atoms with Crippen LogP contribution in [-0.2, 0) is 4.74 Å². The minimum absolute atomic E-state index is 0.647. The van der Waals surface area contributed by atoms with E-state index in [0.717, 1.165) is 6.61 Å². The molecule has 1 aliphatic rings. The summed E-state index contributed by atoms with van der Waals surface area (Å²) < 4.78 is 5.11. The van der Waals surface area contributed by atoms with E-state index in [1.54, 1.807) is 0 Å². The molecule has 1 heteroatoms. The molecule has 0 aromatic heterocycles. The molecule has 1 heterocycles.